The van der Waals surface area contributed by atoms with Gasteiger partial charge in [0.15, 0.2) is 0 Å². The van der Waals surface area contributed by atoms with Gasteiger partial charge in [0.25, 0.3) is 11.7 Å². The van der Waals surface area contributed by atoms with Crippen molar-refractivity contribution in [2.75, 3.05) is 27.4 Å². The molecule has 0 aromatic heterocycles. The molecule has 1 atom stereocenters. The molecule has 1 aliphatic rings. The van der Waals surface area contributed by atoms with E-state index in [0.717, 1.165) is 12.0 Å². The third-order valence-corrected chi connectivity index (χ3v) is 5.34. The van der Waals surface area contributed by atoms with Crippen LogP contribution >= 0.6 is 0 Å². The minimum atomic E-state index is -0.717. The van der Waals surface area contributed by atoms with Crippen molar-refractivity contribution in [2.24, 2.45) is 0 Å². The van der Waals surface area contributed by atoms with Crippen molar-refractivity contribution in [1.29, 1.82) is 0 Å². The second-order valence-electron chi connectivity index (χ2n) is 7.48. The maximum atomic E-state index is 13.0. The molecule has 32 heavy (non-hydrogen) atoms. The number of aliphatic hydroxyl groups excluding tert-OH is 1. The van der Waals surface area contributed by atoms with Crippen molar-refractivity contribution in [3.8, 4) is 17.2 Å². The van der Waals surface area contributed by atoms with E-state index in [2.05, 4.69) is 0 Å². The Balaban J connectivity index is 2.13. The summed E-state index contributed by atoms with van der Waals surface area (Å²) in [5, 5.41) is 11.2. The number of Topliss-reactive ketones (excluding diaryl/α,β-unsaturated/α-hetero) is 1. The third-order valence-electron chi connectivity index (χ3n) is 5.34. The Morgan fingerprint density at radius 3 is 2.25 bits per heavy atom. The van der Waals surface area contributed by atoms with Gasteiger partial charge in [0.2, 0.25) is 0 Å². The standard InChI is InChI=1S/C25H29NO6/c1-5-13-26-22(16-7-9-17(10-8-16)32-14-6-2)21(24(28)25(26)29)23(27)19-12-11-18(30-3)15-20(19)31-4/h7-12,15,22,27H,5-6,13-14H2,1-4H3/b23-21-. The molecule has 1 aliphatic heterocycles. The fraction of sp³-hybridized carbons (Fsp3) is 0.360. The van der Waals surface area contributed by atoms with Crippen LogP contribution in [0, 0.1) is 0 Å². The van der Waals surface area contributed by atoms with Gasteiger partial charge in [0.05, 0.1) is 38.0 Å². The van der Waals surface area contributed by atoms with Crippen molar-refractivity contribution in [3.63, 3.8) is 0 Å². The maximum absolute atomic E-state index is 13.0. The van der Waals surface area contributed by atoms with E-state index in [9.17, 15) is 14.7 Å². The molecule has 0 radical (unpaired) electrons. The lowest BCUT2D eigenvalue weighted by Crippen LogP contribution is -2.30. The van der Waals surface area contributed by atoms with E-state index in [1.165, 1.54) is 19.1 Å². The molecule has 1 fully saturated rings. The van der Waals surface area contributed by atoms with E-state index in [4.69, 9.17) is 14.2 Å². The molecule has 0 aliphatic carbocycles. The number of benzene rings is 2. The predicted molar refractivity (Wildman–Crippen MR) is 121 cm³/mol. The molecular formula is C25H29NO6. The second-order valence-corrected chi connectivity index (χ2v) is 7.48. The highest BCUT2D eigenvalue weighted by atomic mass is 16.5. The molecule has 170 valence electrons. The summed E-state index contributed by atoms with van der Waals surface area (Å²) in [5.74, 6) is -0.0328. The number of nitrogens with zero attached hydrogens (tertiary/aromatic N) is 1. The Labute approximate surface area is 188 Å². The van der Waals surface area contributed by atoms with Crippen LogP contribution in [0.15, 0.2) is 48.0 Å². The Kier molecular flexibility index (Phi) is 7.41. The highest BCUT2D eigenvalue weighted by Crippen LogP contribution is 2.41. The van der Waals surface area contributed by atoms with E-state index >= 15 is 0 Å². The third kappa shape index (κ3) is 4.42. The number of aliphatic hydroxyl groups is 1. The van der Waals surface area contributed by atoms with Crippen LogP contribution in [-0.4, -0.2) is 49.1 Å². The zero-order valence-electron chi connectivity index (χ0n) is 18.9. The number of carbonyl (C=O) groups excluding carboxylic acids is 2. The van der Waals surface area contributed by atoms with Crippen molar-refractivity contribution in [3.05, 3.63) is 59.2 Å². The summed E-state index contributed by atoms with van der Waals surface area (Å²) in [6.07, 6.45) is 1.56. The lowest BCUT2D eigenvalue weighted by atomic mass is 9.95. The number of hydrogen-bond donors (Lipinski definition) is 1. The summed E-state index contributed by atoms with van der Waals surface area (Å²) in [6, 6.07) is 11.4. The average Bonchev–Trinajstić information content (AvgIpc) is 3.07. The molecule has 3 rings (SSSR count). The quantitative estimate of drug-likeness (QED) is 0.356. The van der Waals surface area contributed by atoms with Crippen LogP contribution < -0.4 is 14.2 Å². The van der Waals surface area contributed by atoms with E-state index in [0.29, 0.717) is 42.4 Å². The lowest BCUT2D eigenvalue weighted by molar-refractivity contribution is -0.139. The lowest BCUT2D eigenvalue weighted by Gasteiger charge is -2.25. The first kappa shape index (κ1) is 23.2. The largest absolute Gasteiger partial charge is 0.507 e. The summed E-state index contributed by atoms with van der Waals surface area (Å²) < 4.78 is 16.3. The van der Waals surface area contributed by atoms with Gasteiger partial charge in [-0.1, -0.05) is 26.0 Å². The number of likely N-dealkylation sites (tertiary alicyclic amines) is 1. The van der Waals surface area contributed by atoms with Crippen LogP contribution in [0.2, 0.25) is 0 Å². The van der Waals surface area contributed by atoms with Crippen molar-refractivity contribution >= 4 is 17.4 Å². The summed E-state index contributed by atoms with van der Waals surface area (Å²) in [4.78, 5) is 27.4. The number of rotatable bonds is 9. The number of carbonyl (C=O) groups is 2. The van der Waals surface area contributed by atoms with Crippen LogP contribution in [0.1, 0.15) is 43.9 Å². The normalized spacial score (nSPS) is 17.5. The highest BCUT2D eigenvalue weighted by molar-refractivity contribution is 6.46. The molecule has 2 aromatic carbocycles. The molecular weight excluding hydrogens is 410 g/mol. The SMILES string of the molecule is CCCOc1ccc(C2/C(=C(/O)c3ccc(OC)cc3OC)C(=O)C(=O)N2CCC)cc1. The zero-order valence-corrected chi connectivity index (χ0v) is 18.9. The van der Waals surface area contributed by atoms with Crippen LogP contribution in [0.4, 0.5) is 0 Å². The zero-order chi connectivity index (χ0) is 23.3. The van der Waals surface area contributed by atoms with Crippen LogP contribution in [0.3, 0.4) is 0 Å². The Bertz CT molecular complexity index is 1010. The molecule has 7 nitrogen and oxygen atoms in total. The van der Waals surface area contributed by atoms with Crippen molar-refractivity contribution in [2.45, 2.75) is 32.7 Å². The topological polar surface area (TPSA) is 85.3 Å². The first-order valence-electron chi connectivity index (χ1n) is 10.7. The van der Waals surface area contributed by atoms with Gasteiger partial charge in [-0.2, -0.15) is 0 Å². The Hall–Kier alpha value is -3.48. The molecule has 1 N–H and O–H groups in total. The van der Waals surface area contributed by atoms with Crippen LogP contribution in [0.5, 0.6) is 17.2 Å². The maximum Gasteiger partial charge on any atom is 0.295 e. The number of ketones is 1. The molecule has 0 spiro atoms. The number of ether oxygens (including phenoxy) is 3. The van der Waals surface area contributed by atoms with Crippen LogP contribution in [0.25, 0.3) is 5.76 Å². The average molecular weight is 440 g/mol. The fourth-order valence-electron chi connectivity index (χ4n) is 3.80. The minimum Gasteiger partial charge on any atom is -0.507 e. The van der Waals surface area contributed by atoms with Gasteiger partial charge < -0.3 is 24.2 Å². The van der Waals surface area contributed by atoms with Crippen molar-refractivity contribution < 1.29 is 28.9 Å². The van der Waals surface area contributed by atoms with Crippen LogP contribution in [-0.2, 0) is 9.59 Å². The summed E-state index contributed by atoms with van der Waals surface area (Å²) in [5.41, 5.74) is 1.07. The highest BCUT2D eigenvalue weighted by Gasteiger charge is 2.45. The number of amides is 1. The molecule has 7 heteroatoms. The van der Waals surface area contributed by atoms with Gasteiger partial charge in [0.1, 0.15) is 23.0 Å². The van der Waals surface area contributed by atoms with Gasteiger partial charge in [-0.15, -0.1) is 0 Å². The van der Waals surface area contributed by atoms with Gasteiger partial charge in [-0.25, -0.2) is 0 Å². The summed E-state index contributed by atoms with van der Waals surface area (Å²) in [7, 11) is 2.99. The molecule has 1 heterocycles. The van der Waals surface area contributed by atoms with Gasteiger partial charge in [0, 0.05) is 12.6 Å². The van der Waals surface area contributed by atoms with Gasteiger partial charge >= 0.3 is 0 Å². The molecule has 1 amide bonds. The summed E-state index contributed by atoms with van der Waals surface area (Å²) >= 11 is 0. The number of hydrogen-bond acceptors (Lipinski definition) is 6. The summed E-state index contributed by atoms with van der Waals surface area (Å²) in [6.45, 7) is 4.95. The second kappa shape index (κ2) is 10.2. The molecule has 0 saturated carbocycles. The molecule has 0 bridgehead atoms. The predicted octanol–water partition coefficient (Wildman–Crippen LogP) is 4.32. The van der Waals surface area contributed by atoms with Gasteiger partial charge in [-0.05, 0) is 42.7 Å². The molecule has 1 saturated heterocycles. The first-order chi connectivity index (χ1) is 15.5. The Morgan fingerprint density at radius 1 is 0.969 bits per heavy atom. The van der Waals surface area contributed by atoms with E-state index < -0.39 is 17.7 Å². The molecule has 1 unspecified atom stereocenters. The Morgan fingerprint density at radius 2 is 1.66 bits per heavy atom. The smallest absolute Gasteiger partial charge is 0.295 e. The fourth-order valence-corrected chi connectivity index (χ4v) is 3.80. The van der Waals surface area contributed by atoms with Crippen molar-refractivity contribution in [1.82, 2.24) is 4.90 Å². The molecule has 2 aromatic rings. The first-order valence-corrected chi connectivity index (χ1v) is 10.7. The van der Waals surface area contributed by atoms with Gasteiger partial charge in [-0.3, -0.25) is 9.59 Å². The minimum absolute atomic E-state index is 0.0362. The monoisotopic (exact) mass is 439 g/mol. The van der Waals surface area contributed by atoms with E-state index in [1.807, 2.05) is 38.1 Å². The van der Waals surface area contributed by atoms with E-state index in [-0.39, 0.29) is 11.3 Å². The van der Waals surface area contributed by atoms with E-state index in [1.54, 1.807) is 18.2 Å². The number of methoxy groups -OCH3 is 2.